The molecule has 0 saturated carbocycles. The van der Waals surface area contributed by atoms with Gasteiger partial charge in [-0.15, -0.1) is 0 Å². The molecule has 8 heteroatoms. The Kier molecular flexibility index (Phi) is 4.45. The molecule has 2 fully saturated rings. The summed E-state index contributed by atoms with van der Waals surface area (Å²) in [6.45, 7) is 2.27. The normalized spacial score (nSPS) is 26.4. The first-order valence-corrected chi connectivity index (χ1v) is 8.37. The Morgan fingerprint density at radius 3 is 2.72 bits per heavy atom. The van der Waals surface area contributed by atoms with E-state index >= 15 is 0 Å². The van der Waals surface area contributed by atoms with Gasteiger partial charge in [0.25, 0.3) is 0 Å². The van der Waals surface area contributed by atoms with Crippen LogP contribution in [0.5, 0.6) is 0 Å². The number of likely N-dealkylation sites (tertiary alicyclic amines) is 1. The molecule has 1 aromatic carbocycles. The van der Waals surface area contributed by atoms with Crippen molar-refractivity contribution in [3.8, 4) is 0 Å². The Balaban J connectivity index is 1.71. The third-order valence-electron chi connectivity index (χ3n) is 4.99. The highest BCUT2D eigenvalue weighted by Crippen LogP contribution is 2.33. The third kappa shape index (κ3) is 3.20. The molecule has 2 atom stereocenters. The number of halogens is 2. The fraction of sp³-hybridized carbons (Fsp3) is 0.471. The highest BCUT2D eigenvalue weighted by atomic mass is 35.5. The number of anilines is 1. The summed E-state index contributed by atoms with van der Waals surface area (Å²) < 4.78 is 13.6. The standard InChI is InChI=1S/C17H18ClFN2O4/c1-17(16(24)25)4-5-20(9-17)15(23)10-6-14(22)21(8-10)11-2-3-12(18)13(19)7-11/h2-3,7,10H,4-6,8-9H2,1H3,(H,24,25). The van der Waals surface area contributed by atoms with Gasteiger partial charge in [0.05, 0.1) is 16.4 Å². The largest absolute Gasteiger partial charge is 0.481 e. The number of carboxylic acids is 1. The Labute approximate surface area is 149 Å². The van der Waals surface area contributed by atoms with Crippen molar-refractivity contribution >= 4 is 35.1 Å². The van der Waals surface area contributed by atoms with Gasteiger partial charge in [0.1, 0.15) is 5.82 Å². The number of hydrogen-bond acceptors (Lipinski definition) is 3. The van der Waals surface area contributed by atoms with Crippen LogP contribution in [0.25, 0.3) is 0 Å². The fourth-order valence-electron chi connectivity index (χ4n) is 3.36. The number of carboxylic acid groups (broad SMARTS) is 1. The Hall–Kier alpha value is -2.15. The second-order valence-electron chi connectivity index (χ2n) is 6.88. The van der Waals surface area contributed by atoms with Crippen LogP contribution < -0.4 is 4.90 Å². The van der Waals surface area contributed by atoms with Crippen molar-refractivity contribution in [1.82, 2.24) is 4.90 Å². The van der Waals surface area contributed by atoms with Crippen molar-refractivity contribution in [2.45, 2.75) is 19.8 Å². The molecule has 1 aromatic rings. The van der Waals surface area contributed by atoms with Crippen molar-refractivity contribution in [2.24, 2.45) is 11.3 Å². The number of nitrogens with zero attached hydrogens (tertiary/aromatic N) is 2. The molecular weight excluding hydrogens is 351 g/mol. The Morgan fingerprint density at radius 2 is 2.12 bits per heavy atom. The SMILES string of the molecule is CC1(C(=O)O)CCN(C(=O)C2CC(=O)N(c3ccc(Cl)c(F)c3)C2)C1. The van der Waals surface area contributed by atoms with E-state index in [0.717, 1.165) is 0 Å². The average molecular weight is 369 g/mol. The van der Waals surface area contributed by atoms with E-state index in [9.17, 15) is 23.9 Å². The first-order chi connectivity index (χ1) is 11.7. The van der Waals surface area contributed by atoms with Gasteiger partial charge < -0.3 is 14.9 Å². The molecule has 25 heavy (non-hydrogen) atoms. The van der Waals surface area contributed by atoms with Gasteiger partial charge in [-0.05, 0) is 31.5 Å². The molecule has 0 bridgehead atoms. The summed E-state index contributed by atoms with van der Waals surface area (Å²) in [6, 6.07) is 4.07. The second kappa shape index (κ2) is 6.29. The summed E-state index contributed by atoms with van der Waals surface area (Å²) in [5.74, 6) is -2.60. The third-order valence-corrected chi connectivity index (χ3v) is 5.30. The average Bonchev–Trinajstić information content (AvgIpc) is 3.14. The van der Waals surface area contributed by atoms with Crippen molar-refractivity contribution in [2.75, 3.05) is 24.5 Å². The van der Waals surface area contributed by atoms with Gasteiger partial charge in [-0.2, -0.15) is 0 Å². The first-order valence-electron chi connectivity index (χ1n) is 7.99. The van der Waals surface area contributed by atoms with Crippen molar-refractivity contribution in [3.63, 3.8) is 0 Å². The lowest BCUT2D eigenvalue weighted by Gasteiger charge is -2.23. The summed E-state index contributed by atoms with van der Waals surface area (Å²) in [4.78, 5) is 39.1. The van der Waals surface area contributed by atoms with Crippen LogP contribution in [0.15, 0.2) is 18.2 Å². The van der Waals surface area contributed by atoms with Gasteiger partial charge in [0.15, 0.2) is 0 Å². The van der Waals surface area contributed by atoms with Crippen LogP contribution in [0.3, 0.4) is 0 Å². The minimum Gasteiger partial charge on any atom is -0.481 e. The minimum absolute atomic E-state index is 0.0311. The molecule has 134 valence electrons. The van der Waals surface area contributed by atoms with Crippen LogP contribution in [-0.4, -0.2) is 47.4 Å². The van der Waals surface area contributed by atoms with Crippen molar-refractivity contribution < 1.29 is 23.9 Å². The maximum atomic E-state index is 13.6. The van der Waals surface area contributed by atoms with E-state index in [-0.39, 0.29) is 36.3 Å². The van der Waals surface area contributed by atoms with Crippen molar-refractivity contribution in [1.29, 1.82) is 0 Å². The number of amides is 2. The molecule has 0 aromatic heterocycles. The number of benzene rings is 1. The number of carbonyl (C=O) groups excluding carboxylic acids is 2. The molecule has 1 N–H and O–H groups in total. The molecule has 2 heterocycles. The molecule has 2 saturated heterocycles. The fourth-order valence-corrected chi connectivity index (χ4v) is 3.47. The molecule has 6 nitrogen and oxygen atoms in total. The molecule has 3 rings (SSSR count). The van der Waals surface area contributed by atoms with E-state index in [1.165, 1.54) is 28.0 Å². The zero-order chi connectivity index (χ0) is 18.4. The van der Waals surface area contributed by atoms with Crippen LogP contribution in [0.1, 0.15) is 19.8 Å². The number of aliphatic carboxylic acids is 1. The van der Waals surface area contributed by atoms with E-state index in [1.54, 1.807) is 6.92 Å². The smallest absolute Gasteiger partial charge is 0.311 e. The van der Waals surface area contributed by atoms with Gasteiger partial charge in [-0.1, -0.05) is 11.6 Å². The summed E-state index contributed by atoms with van der Waals surface area (Å²) in [5, 5.41) is 9.24. The number of rotatable bonds is 3. The molecular formula is C17H18ClFN2O4. The minimum atomic E-state index is -0.947. The second-order valence-corrected chi connectivity index (χ2v) is 7.29. The lowest BCUT2D eigenvalue weighted by Crippen LogP contribution is -2.39. The molecule has 2 aliphatic rings. The van der Waals surface area contributed by atoms with Gasteiger partial charge in [0.2, 0.25) is 11.8 Å². The zero-order valence-electron chi connectivity index (χ0n) is 13.7. The van der Waals surface area contributed by atoms with Gasteiger partial charge in [0, 0.05) is 31.7 Å². The topological polar surface area (TPSA) is 77.9 Å². The van der Waals surface area contributed by atoms with E-state index in [1.807, 2.05) is 0 Å². The first kappa shape index (κ1) is 17.7. The van der Waals surface area contributed by atoms with Gasteiger partial charge in [-0.3, -0.25) is 14.4 Å². The van der Waals surface area contributed by atoms with Crippen LogP contribution in [0.2, 0.25) is 5.02 Å². The van der Waals surface area contributed by atoms with Crippen LogP contribution in [0.4, 0.5) is 10.1 Å². The van der Waals surface area contributed by atoms with Gasteiger partial charge in [-0.25, -0.2) is 4.39 Å². The quantitative estimate of drug-likeness (QED) is 0.886. The molecule has 0 radical (unpaired) electrons. The maximum absolute atomic E-state index is 13.6. The van der Waals surface area contributed by atoms with Crippen molar-refractivity contribution in [3.05, 3.63) is 29.0 Å². The summed E-state index contributed by atoms with van der Waals surface area (Å²) in [6.07, 6.45) is 0.421. The molecule has 2 amide bonds. The summed E-state index contributed by atoms with van der Waals surface area (Å²) in [5.41, 5.74) is -0.587. The van der Waals surface area contributed by atoms with Crippen LogP contribution in [-0.2, 0) is 14.4 Å². The highest BCUT2D eigenvalue weighted by molar-refractivity contribution is 6.30. The maximum Gasteiger partial charge on any atom is 0.311 e. The summed E-state index contributed by atoms with van der Waals surface area (Å²) in [7, 11) is 0. The lowest BCUT2D eigenvalue weighted by molar-refractivity contribution is -0.147. The number of hydrogen-bond donors (Lipinski definition) is 1. The molecule has 0 aliphatic carbocycles. The number of carbonyl (C=O) groups is 3. The van der Waals surface area contributed by atoms with E-state index in [4.69, 9.17) is 11.6 Å². The Bertz CT molecular complexity index is 756. The molecule has 0 spiro atoms. The highest BCUT2D eigenvalue weighted by Gasteiger charge is 2.45. The predicted octanol–water partition coefficient (Wildman–Crippen LogP) is 2.16. The lowest BCUT2D eigenvalue weighted by atomic mass is 9.90. The van der Waals surface area contributed by atoms with Gasteiger partial charge >= 0.3 is 5.97 Å². The molecule has 2 aliphatic heterocycles. The molecule has 2 unspecified atom stereocenters. The monoisotopic (exact) mass is 368 g/mol. The Morgan fingerprint density at radius 1 is 1.40 bits per heavy atom. The predicted molar refractivity (Wildman–Crippen MR) is 88.8 cm³/mol. The van der Waals surface area contributed by atoms with E-state index in [0.29, 0.717) is 18.7 Å². The zero-order valence-corrected chi connectivity index (χ0v) is 14.4. The van der Waals surface area contributed by atoms with Crippen LogP contribution in [0, 0.1) is 17.2 Å². The van der Waals surface area contributed by atoms with Crippen LogP contribution >= 0.6 is 11.6 Å². The van der Waals surface area contributed by atoms with E-state index < -0.39 is 23.1 Å². The summed E-state index contributed by atoms with van der Waals surface area (Å²) >= 11 is 5.65. The van der Waals surface area contributed by atoms with E-state index in [2.05, 4.69) is 0 Å².